The highest BCUT2D eigenvalue weighted by molar-refractivity contribution is 5.27. The van der Waals surface area contributed by atoms with E-state index >= 15 is 0 Å². The Bertz CT molecular complexity index is 712. The minimum absolute atomic E-state index is 0.00993. The Kier molecular flexibility index (Phi) is 5.72. The van der Waals surface area contributed by atoms with E-state index < -0.39 is 0 Å². The van der Waals surface area contributed by atoms with Gasteiger partial charge >= 0.3 is 0 Å². The third-order valence-corrected chi connectivity index (χ3v) is 5.72. The van der Waals surface area contributed by atoms with Crippen LogP contribution in [0, 0.1) is 0 Å². The summed E-state index contributed by atoms with van der Waals surface area (Å²) in [5.74, 6) is 0.910. The molecule has 0 unspecified atom stereocenters. The van der Waals surface area contributed by atoms with Crippen LogP contribution in [-0.2, 0) is 22.6 Å². The summed E-state index contributed by atoms with van der Waals surface area (Å²) in [6.45, 7) is 4.45. The number of ether oxygens (including phenoxy) is 3. The van der Waals surface area contributed by atoms with Gasteiger partial charge in [-0.3, -0.25) is 9.88 Å². The topological polar surface area (TPSA) is 43.8 Å². The number of pyridine rings is 1. The molecule has 5 heteroatoms. The molecule has 2 saturated heterocycles. The Morgan fingerprint density at radius 1 is 1.15 bits per heavy atom. The van der Waals surface area contributed by atoms with Crippen molar-refractivity contribution in [3.63, 3.8) is 0 Å². The van der Waals surface area contributed by atoms with Crippen LogP contribution in [0.25, 0.3) is 0 Å². The van der Waals surface area contributed by atoms with Gasteiger partial charge in [0.2, 0.25) is 0 Å². The molecule has 2 aliphatic rings. The molecule has 3 heterocycles. The molecule has 2 fully saturated rings. The van der Waals surface area contributed by atoms with Crippen molar-refractivity contribution < 1.29 is 14.2 Å². The summed E-state index contributed by atoms with van der Waals surface area (Å²) in [5.41, 5.74) is 2.46. The fraction of sp³-hybridized carbons (Fsp3) is 0.500. The number of nitrogens with zero attached hydrogens (tertiary/aromatic N) is 2. The number of benzene rings is 1. The van der Waals surface area contributed by atoms with Crippen LogP contribution in [0.1, 0.15) is 30.4 Å². The van der Waals surface area contributed by atoms with Gasteiger partial charge in [0.05, 0.1) is 32.0 Å². The van der Waals surface area contributed by atoms with Crippen LogP contribution in [0.4, 0.5) is 0 Å². The molecule has 5 nitrogen and oxygen atoms in total. The average Bonchev–Trinajstić information content (AvgIpc) is 3.12. The molecular formula is C22H28N2O3. The Morgan fingerprint density at radius 3 is 2.67 bits per heavy atom. The van der Waals surface area contributed by atoms with E-state index in [0.29, 0.717) is 13.2 Å². The lowest BCUT2D eigenvalue weighted by Crippen LogP contribution is -2.43. The SMILES string of the molecule is COc1ccc(CN2CCC3(CC2)C[C@H](OCc2cccnc2)CO3)cc1. The van der Waals surface area contributed by atoms with Crippen LogP contribution in [0.5, 0.6) is 5.75 Å². The lowest BCUT2D eigenvalue weighted by atomic mass is 9.88. The summed E-state index contributed by atoms with van der Waals surface area (Å²) in [7, 11) is 1.70. The van der Waals surface area contributed by atoms with E-state index in [9.17, 15) is 0 Å². The number of piperidine rings is 1. The van der Waals surface area contributed by atoms with Crippen LogP contribution in [0.15, 0.2) is 48.8 Å². The van der Waals surface area contributed by atoms with Gasteiger partial charge in [-0.25, -0.2) is 0 Å². The number of hydrogen-bond acceptors (Lipinski definition) is 5. The van der Waals surface area contributed by atoms with Crippen molar-refractivity contribution >= 4 is 0 Å². The van der Waals surface area contributed by atoms with Gasteiger partial charge in [0.15, 0.2) is 0 Å². The Morgan fingerprint density at radius 2 is 1.96 bits per heavy atom. The van der Waals surface area contributed by atoms with E-state index in [-0.39, 0.29) is 11.7 Å². The van der Waals surface area contributed by atoms with Crippen molar-refractivity contribution in [2.45, 2.75) is 44.1 Å². The van der Waals surface area contributed by atoms with E-state index in [0.717, 1.165) is 50.2 Å². The molecule has 27 heavy (non-hydrogen) atoms. The summed E-state index contributed by atoms with van der Waals surface area (Å²) in [5, 5.41) is 0. The molecule has 0 aliphatic carbocycles. The second-order valence-electron chi connectivity index (χ2n) is 7.62. The van der Waals surface area contributed by atoms with E-state index in [1.165, 1.54) is 5.56 Å². The first-order valence-corrected chi connectivity index (χ1v) is 9.74. The minimum Gasteiger partial charge on any atom is -0.497 e. The lowest BCUT2D eigenvalue weighted by molar-refractivity contribution is -0.0468. The number of aromatic nitrogens is 1. The van der Waals surface area contributed by atoms with Gasteiger partial charge in [-0.2, -0.15) is 0 Å². The van der Waals surface area contributed by atoms with Crippen molar-refractivity contribution in [3.05, 3.63) is 59.9 Å². The van der Waals surface area contributed by atoms with Crippen LogP contribution in [-0.4, -0.2) is 48.4 Å². The summed E-state index contributed by atoms with van der Waals surface area (Å²) in [6.07, 6.45) is 7.01. The van der Waals surface area contributed by atoms with Crippen molar-refractivity contribution in [1.82, 2.24) is 9.88 Å². The molecule has 1 aromatic carbocycles. The van der Waals surface area contributed by atoms with Crippen LogP contribution < -0.4 is 4.74 Å². The maximum Gasteiger partial charge on any atom is 0.118 e. The van der Waals surface area contributed by atoms with Gasteiger partial charge in [0, 0.05) is 38.4 Å². The fourth-order valence-corrected chi connectivity index (χ4v) is 4.06. The molecular weight excluding hydrogens is 340 g/mol. The zero-order valence-corrected chi connectivity index (χ0v) is 16.0. The van der Waals surface area contributed by atoms with Gasteiger partial charge in [-0.15, -0.1) is 0 Å². The van der Waals surface area contributed by atoms with Gasteiger partial charge in [-0.05, 0) is 42.2 Å². The summed E-state index contributed by atoms with van der Waals surface area (Å²) >= 11 is 0. The molecule has 1 aromatic heterocycles. The molecule has 2 aromatic rings. The normalized spacial score (nSPS) is 22.2. The van der Waals surface area contributed by atoms with Crippen LogP contribution in [0.2, 0.25) is 0 Å². The molecule has 2 aliphatic heterocycles. The highest BCUT2D eigenvalue weighted by Gasteiger charge is 2.43. The predicted octanol–water partition coefficient (Wildman–Crippen LogP) is 3.43. The first kappa shape index (κ1) is 18.4. The monoisotopic (exact) mass is 368 g/mol. The standard InChI is InChI=1S/C22H28N2O3/c1-25-20-6-4-18(5-7-20)15-24-11-8-22(9-12-24)13-21(17-27-22)26-16-19-3-2-10-23-14-19/h2-7,10,14,21H,8-9,11-13,15-17H2,1H3/t21-/m0/s1. The van der Waals surface area contributed by atoms with Gasteiger partial charge < -0.3 is 14.2 Å². The first-order chi connectivity index (χ1) is 13.2. The van der Waals surface area contributed by atoms with Crippen molar-refractivity contribution in [1.29, 1.82) is 0 Å². The summed E-state index contributed by atoms with van der Waals surface area (Å²) < 4.78 is 17.5. The number of methoxy groups -OCH3 is 1. The van der Waals surface area contributed by atoms with Crippen molar-refractivity contribution in [2.24, 2.45) is 0 Å². The number of hydrogen-bond donors (Lipinski definition) is 0. The Balaban J connectivity index is 1.23. The maximum atomic E-state index is 6.23. The third kappa shape index (κ3) is 4.67. The molecule has 0 saturated carbocycles. The molecule has 144 valence electrons. The quantitative estimate of drug-likeness (QED) is 0.782. The number of rotatable bonds is 6. The smallest absolute Gasteiger partial charge is 0.118 e. The number of likely N-dealkylation sites (tertiary alicyclic amines) is 1. The summed E-state index contributed by atoms with van der Waals surface area (Å²) in [4.78, 5) is 6.66. The van der Waals surface area contributed by atoms with Gasteiger partial charge in [0.1, 0.15) is 5.75 Å². The molecule has 0 N–H and O–H groups in total. The van der Waals surface area contributed by atoms with Crippen molar-refractivity contribution in [3.8, 4) is 5.75 Å². The zero-order chi connectivity index (χ0) is 18.5. The van der Waals surface area contributed by atoms with Crippen LogP contribution >= 0.6 is 0 Å². The van der Waals surface area contributed by atoms with E-state index in [4.69, 9.17) is 14.2 Å². The van der Waals surface area contributed by atoms with E-state index in [2.05, 4.69) is 28.1 Å². The second-order valence-corrected chi connectivity index (χ2v) is 7.62. The molecule has 0 bridgehead atoms. The molecule has 4 rings (SSSR count). The zero-order valence-electron chi connectivity index (χ0n) is 16.0. The average molecular weight is 368 g/mol. The van der Waals surface area contributed by atoms with Gasteiger partial charge in [0.25, 0.3) is 0 Å². The maximum absolute atomic E-state index is 6.23. The Hall–Kier alpha value is -1.95. The molecule has 1 atom stereocenters. The minimum atomic E-state index is 0.00993. The lowest BCUT2D eigenvalue weighted by Gasteiger charge is -2.38. The molecule has 0 radical (unpaired) electrons. The van der Waals surface area contributed by atoms with Gasteiger partial charge in [-0.1, -0.05) is 18.2 Å². The second kappa shape index (κ2) is 8.38. The predicted molar refractivity (Wildman–Crippen MR) is 104 cm³/mol. The fourth-order valence-electron chi connectivity index (χ4n) is 4.06. The Labute approximate surface area is 161 Å². The molecule has 1 spiro atoms. The highest BCUT2D eigenvalue weighted by atomic mass is 16.6. The summed E-state index contributed by atoms with van der Waals surface area (Å²) in [6, 6.07) is 12.4. The highest BCUT2D eigenvalue weighted by Crippen LogP contribution is 2.37. The van der Waals surface area contributed by atoms with Crippen molar-refractivity contribution in [2.75, 3.05) is 26.8 Å². The van der Waals surface area contributed by atoms with E-state index in [1.54, 1.807) is 13.3 Å². The largest absolute Gasteiger partial charge is 0.497 e. The van der Waals surface area contributed by atoms with Crippen LogP contribution in [0.3, 0.4) is 0 Å². The third-order valence-electron chi connectivity index (χ3n) is 5.72. The first-order valence-electron chi connectivity index (χ1n) is 9.74. The van der Waals surface area contributed by atoms with E-state index in [1.807, 2.05) is 24.4 Å². The molecule has 0 amide bonds.